The predicted molar refractivity (Wildman–Crippen MR) is 175 cm³/mol. The molecule has 4 rings (SSSR count). The minimum atomic E-state index is -5.00. The van der Waals surface area contributed by atoms with Crippen LogP contribution >= 0.6 is 21.0 Å². The van der Waals surface area contributed by atoms with Gasteiger partial charge in [0.1, 0.15) is 17.6 Å². The number of aryl methyl sites for hydroxylation is 1. The number of alkyl halides is 3. The van der Waals surface area contributed by atoms with Crippen LogP contribution in [-0.2, 0) is 15.0 Å². The lowest BCUT2D eigenvalue weighted by atomic mass is 9.74. The molecule has 45 heavy (non-hydrogen) atoms. The van der Waals surface area contributed by atoms with Crippen molar-refractivity contribution in [2.45, 2.75) is 70.2 Å². The van der Waals surface area contributed by atoms with E-state index >= 15 is 0 Å². The summed E-state index contributed by atoms with van der Waals surface area (Å²) in [5.41, 5.74) is 5.03. The molecule has 0 saturated heterocycles. The molecule has 13 heteroatoms. The molecule has 0 saturated carbocycles. The third-order valence-electron chi connectivity index (χ3n) is 7.87. The van der Waals surface area contributed by atoms with Gasteiger partial charge in [-0.25, -0.2) is 4.39 Å². The smallest absolute Gasteiger partial charge is 0.418 e. The Balaban J connectivity index is 1.60. The zero-order valence-electron chi connectivity index (χ0n) is 25.6. The van der Waals surface area contributed by atoms with Gasteiger partial charge in [-0.15, -0.1) is 0 Å². The normalized spacial score (nSPS) is 16.9. The first-order chi connectivity index (χ1) is 21.0. The van der Waals surface area contributed by atoms with Crippen LogP contribution in [0, 0.1) is 12.7 Å². The van der Waals surface area contributed by atoms with Crippen LogP contribution in [0.5, 0.6) is 5.75 Å². The van der Waals surface area contributed by atoms with E-state index in [1.54, 1.807) is 18.2 Å². The van der Waals surface area contributed by atoms with Crippen molar-refractivity contribution in [3.8, 4) is 5.75 Å². The van der Waals surface area contributed by atoms with Crippen molar-refractivity contribution in [1.29, 1.82) is 0 Å². The van der Waals surface area contributed by atoms with Crippen molar-refractivity contribution < 1.29 is 37.0 Å². The first-order valence-electron chi connectivity index (χ1n) is 14.3. The molecule has 1 unspecified atom stereocenters. The number of anilines is 2. The molecular weight excluding hydrogens is 707 g/mol. The number of nitrogens with one attached hydrogen (secondary N) is 2. The molecule has 244 valence electrons. The number of ether oxygens (including phenoxy) is 1. The molecular formula is C32H37F4IN4O4. The summed E-state index contributed by atoms with van der Waals surface area (Å²) >= 11 is -0.768. The van der Waals surface area contributed by atoms with Crippen LogP contribution < -0.4 is 24.2 Å². The number of aliphatic hydroxyl groups is 1. The lowest BCUT2D eigenvalue weighted by molar-refractivity contribution is -0.260. The summed E-state index contributed by atoms with van der Waals surface area (Å²) in [6.45, 7) is 5.51. The van der Waals surface area contributed by atoms with Crippen molar-refractivity contribution in [3.63, 3.8) is 0 Å². The van der Waals surface area contributed by atoms with Crippen LogP contribution in [0.1, 0.15) is 56.7 Å². The zero-order valence-corrected chi connectivity index (χ0v) is 27.8. The summed E-state index contributed by atoms with van der Waals surface area (Å²) in [5.74, 6) is -1.47. The first-order valence-corrected chi connectivity index (χ1v) is 16.5. The van der Waals surface area contributed by atoms with Crippen molar-refractivity contribution >= 4 is 48.2 Å². The molecule has 0 aromatic heterocycles. The van der Waals surface area contributed by atoms with E-state index in [0.717, 1.165) is 29.1 Å². The highest BCUT2D eigenvalue weighted by molar-refractivity contribution is 14.2. The van der Waals surface area contributed by atoms with E-state index in [0.29, 0.717) is 29.7 Å². The predicted octanol–water partition coefficient (Wildman–Crippen LogP) is 5.67. The van der Waals surface area contributed by atoms with Gasteiger partial charge in [0.2, 0.25) is 5.91 Å². The van der Waals surface area contributed by atoms with E-state index in [9.17, 15) is 32.3 Å². The Morgan fingerprint density at radius 3 is 2.56 bits per heavy atom. The number of allylic oxidation sites excluding steroid dienone is 2. The molecule has 2 aliphatic rings. The van der Waals surface area contributed by atoms with Gasteiger partial charge < -0.3 is 26.2 Å². The highest BCUT2D eigenvalue weighted by Gasteiger charge is 2.56. The van der Waals surface area contributed by atoms with Gasteiger partial charge in [-0.3, -0.25) is 12.7 Å². The Morgan fingerprint density at radius 1 is 1.20 bits per heavy atom. The lowest BCUT2D eigenvalue weighted by Gasteiger charge is -2.38. The number of rotatable bonds is 11. The summed E-state index contributed by atoms with van der Waals surface area (Å²) in [6, 6.07) is 6.49. The molecule has 2 atom stereocenters. The molecule has 0 fully saturated rings. The number of carbonyl (C=O) groups is 2. The SMILES string of the molecule is COc1ccc(F)cc1C(C)(C)CC(O)(CNc1cc(C)cc2c1C=IN2C1=CC(C(=O)N[C@@H](C)C(N)=O)=CCC1)C(F)(F)F. The molecule has 0 radical (unpaired) electrons. The fraction of sp³-hybridized carbons (Fsp3) is 0.406. The van der Waals surface area contributed by atoms with E-state index in [1.807, 2.05) is 17.0 Å². The lowest BCUT2D eigenvalue weighted by Crippen LogP contribution is -2.53. The van der Waals surface area contributed by atoms with Gasteiger partial charge in [-0.2, -0.15) is 13.2 Å². The second-order valence-electron chi connectivity index (χ2n) is 12.0. The van der Waals surface area contributed by atoms with Crippen LogP contribution in [0.3, 0.4) is 0 Å². The van der Waals surface area contributed by atoms with Gasteiger partial charge >= 0.3 is 6.18 Å². The van der Waals surface area contributed by atoms with Crippen LogP contribution in [0.15, 0.2) is 53.8 Å². The Bertz CT molecular complexity index is 1590. The summed E-state index contributed by atoms with van der Waals surface area (Å²) in [6.07, 6.45) is -0.973. The molecule has 0 bridgehead atoms. The summed E-state index contributed by atoms with van der Waals surface area (Å²) in [5, 5.41) is 16.6. The maximum atomic E-state index is 14.5. The minimum absolute atomic E-state index is 0.213. The van der Waals surface area contributed by atoms with Crippen molar-refractivity contribution in [1.82, 2.24) is 5.32 Å². The maximum absolute atomic E-state index is 14.5. The minimum Gasteiger partial charge on any atom is -0.496 e. The Morgan fingerprint density at radius 2 is 1.91 bits per heavy atom. The Hall–Kier alpha value is -3.46. The number of benzene rings is 2. The second-order valence-corrected chi connectivity index (χ2v) is 14.1. The summed E-state index contributed by atoms with van der Waals surface area (Å²) in [7, 11) is 1.35. The number of methoxy groups -OCH3 is 1. The number of primary amides is 1. The Kier molecular flexibility index (Phi) is 10.0. The largest absolute Gasteiger partial charge is 0.496 e. The van der Waals surface area contributed by atoms with Gasteiger partial charge in [0, 0.05) is 49.1 Å². The molecule has 0 spiro atoms. The average Bonchev–Trinajstić information content (AvgIpc) is 3.39. The standard InChI is InChI=1S/C32H37F4IN4O4/c1-18-11-25(39-17-31(44,32(34,35)36)16-30(3,4)24-14-21(33)9-10-27(24)45-5)23-15-37-41(26(23)12-18)22-8-6-7-20(13-22)29(43)40-19(2)28(38)42/h7,9-15,19,39,44H,6,8,16-17H2,1-5H3,(H2,38,42)(H,40,43)/t19-,31?/m0/s1. The fourth-order valence-corrected chi connectivity index (χ4v) is 8.11. The van der Waals surface area contributed by atoms with Gasteiger partial charge in [0.25, 0.3) is 5.91 Å². The molecule has 1 aliphatic carbocycles. The molecule has 1 heterocycles. The fourth-order valence-electron chi connectivity index (χ4n) is 5.46. The molecule has 1 aliphatic heterocycles. The summed E-state index contributed by atoms with van der Waals surface area (Å²) < 4.78 is 67.1. The van der Waals surface area contributed by atoms with Gasteiger partial charge in [-0.05, 0) is 84.5 Å². The van der Waals surface area contributed by atoms with E-state index in [-0.39, 0.29) is 11.3 Å². The highest BCUT2D eigenvalue weighted by atomic mass is 127. The van der Waals surface area contributed by atoms with Crippen LogP contribution in [0.2, 0.25) is 0 Å². The number of amides is 2. The van der Waals surface area contributed by atoms with Crippen molar-refractivity contribution in [2.75, 3.05) is 22.1 Å². The zero-order chi connectivity index (χ0) is 33.3. The van der Waals surface area contributed by atoms with Crippen LogP contribution in [-0.4, -0.2) is 52.4 Å². The first kappa shape index (κ1) is 34.4. The number of hydrogen-bond donors (Lipinski definition) is 4. The van der Waals surface area contributed by atoms with Crippen LogP contribution in [0.4, 0.5) is 28.9 Å². The molecule has 2 aromatic carbocycles. The topological polar surface area (TPSA) is 117 Å². The molecule has 2 aromatic rings. The van der Waals surface area contributed by atoms with Gasteiger partial charge in [-0.1, -0.05) is 19.9 Å². The van der Waals surface area contributed by atoms with Crippen LogP contribution in [0.25, 0.3) is 0 Å². The molecule has 2 amide bonds. The number of nitrogens with two attached hydrogens (primary N) is 1. The second kappa shape index (κ2) is 13.1. The number of hydrogen-bond acceptors (Lipinski definition) is 6. The number of nitrogens with zero attached hydrogens (tertiary/aromatic N) is 1. The Labute approximate surface area is 269 Å². The molecule has 8 nitrogen and oxygen atoms in total. The monoisotopic (exact) mass is 744 g/mol. The number of halogens is 5. The number of fused-ring (bicyclic) bond motifs is 1. The van der Waals surface area contributed by atoms with Gasteiger partial charge in [0.15, 0.2) is 5.60 Å². The highest BCUT2D eigenvalue weighted by Crippen LogP contribution is 2.46. The third kappa shape index (κ3) is 7.51. The van der Waals surface area contributed by atoms with Gasteiger partial charge in [0.05, 0.1) is 19.3 Å². The van der Waals surface area contributed by atoms with E-state index in [2.05, 4.69) is 13.7 Å². The van der Waals surface area contributed by atoms with E-state index < -0.39 is 74.8 Å². The molecule has 5 N–H and O–H groups in total. The van der Waals surface area contributed by atoms with E-state index in [1.165, 1.54) is 33.9 Å². The maximum Gasteiger partial charge on any atom is 0.418 e. The third-order valence-corrected chi connectivity index (χ3v) is 10.5. The summed E-state index contributed by atoms with van der Waals surface area (Å²) in [4.78, 5) is 24.1. The average molecular weight is 745 g/mol. The number of carbonyl (C=O) groups excluding carboxylic acids is 2. The van der Waals surface area contributed by atoms with Crippen molar-refractivity contribution in [2.24, 2.45) is 5.73 Å². The van der Waals surface area contributed by atoms with E-state index in [4.69, 9.17) is 10.5 Å². The quantitative estimate of drug-likeness (QED) is 0.134. The van der Waals surface area contributed by atoms with Crippen molar-refractivity contribution in [3.05, 3.63) is 76.3 Å².